The Hall–Kier alpha value is -1.83. The molecule has 0 amide bonds. The first-order valence-electron chi connectivity index (χ1n) is 5.81. The summed E-state index contributed by atoms with van der Waals surface area (Å²) in [5.74, 6) is 1.50. The van der Waals surface area contributed by atoms with E-state index in [0.29, 0.717) is 29.0 Å². The van der Waals surface area contributed by atoms with Gasteiger partial charge in [0.1, 0.15) is 5.82 Å². The van der Waals surface area contributed by atoms with Crippen molar-refractivity contribution in [3.8, 4) is 5.82 Å². The Morgan fingerprint density at radius 2 is 2.16 bits per heavy atom. The molecule has 0 saturated carbocycles. The lowest BCUT2D eigenvalue weighted by Gasteiger charge is -2.04. The normalized spacial score (nSPS) is 10.7. The predicted octanol–water partition coefficient (Wildman–Crippen LogP) is 2.46. The van der Waals surface area contributed by atoms with E-state index in [2.05, 4.69) is 31.0 Å². The van der Waals surface area contributed by atoms with Crippen LogP contribution in [0.15, 0.2) is 16.7 Å². The van der Waals surface area contributed by atoms with Gasteiger partial charge in [0.25, 0.3) is 0 Å². The molecule has 0 N–H and O–H groups in total. The highest BCUT2D eigenvalue weighted by atomic mass is 79.9. The lowest BCUT2D eigenvalue weighted by atomic mass is 10.4. The van der Waals surface area contributed by atoms with Crippen LogP contribution >= 0.6 is 15.9 Å². The summed E-state index contributed by atoms with van der Waals surface area (Å²) in [6.45, 7) is 3.85. The summed E-state index contributed by atoms with van der Waals surface area (Å²) >= 11 is 3.18. The third-order valence-corrected chi connectivity index (χ3v) is 3.00. The maximum absolute atomic E-state index is 11.1. The first-order chi connectivity index (χ1) is 9.06. The van der Waals surface area contributed by atoms with E-state index in [-0.39, 0.29) is 11.5 Å². The number of hydrogen-bond acceptors (Lipinski definition) is 5. The molecule has 7 nitrogen and oxygen atoms in total. The second-order valence-electron chi connectivity index (χ2n) is 3.82. The second-order valence-corrected chi connectivity index (χ2v) is 4.73. The van der Waals surface area contributed by atoms with Crippen molar-refractivity contribution in [3.05, 3.63) is 38.5 Å². The van der Waals surface area contributed by atoms with E-state index < -0.39 is 4.92 Å². The van der Waals surface area contributed by atoms with Gasteiger partial charge in [-0.25, -0.2) is 9.97 Å². The van der Waals surface area contributed by atoms with Crippen LogP contribution in [0.1, 0.15) is 25.5 Å². The van der Waals surface area contributed by atoms with E-state index in [0.717, 1.165) is 0 Å². The Labute approximate surface area is 118 Å². The van der Waals surface area contributed by atoms with E-state index in [9.17, 15) is 10.1 Å². The topological polar surface area (TPSA) is 86.7 Å². The fourth-order valence-corrected chi connectivity index (χ4v) is 1.98. The van der Waals surface area contributed by atoms with Crippen molar-refractivity contribution in [1.82, 2.24) is 19.7 Å². The molecule has 0 aromatic carbocycles. The van der Waals surface area contributed by atoms with Crippen molar-refractivity contribution in [2.45, 2.75) is 26.7 Å². The van der Waals surface area contributed by atoms with E-state index in [1.807, 2.05) is 13.8 Å². The van der Waals surface area contributed by atoms with Gasteiger partial charge in [-0.2, -0.15) is 4.68 Å². The van der Waals surface area contributed by atoms with Crippen LogP contribution in [0.2, 0.25) is 0 Å². The third-order valence-electron chi connectivity index (χ3n) is 2.56. The Morgan fingerprint density at radius 1 is 1.42 bits per heavy atom. The maximum Gasteiger partial charge on any atom is 0.314 e. The minimum absolute atomic E-state index is 0.100. The van der Waals surface area contributed by atoms with Crippen LogP contribution < -0.4 is 0 Å². The molecular formula is C11H12BrN5O2. The van der Waals surface area contributed by atoms with Gasteiger partial charge < -0.3 is 0 Å². The lowest BCUT2D eigenvalue weighted by molar-refractivity contribution is -0.385. The van der Waals surface area contributed by atoms with Crippen molar-refractivity contribution < 1.29 is 4.92 Å². The molecule has 0 unspecified atom stereocenters. The fraction of sp³-hybridized carbons (Fsp3) is 0.364. The minimum Gasteiger partial charge on any atom is -0.258 e. The molecule has 0 fully saturated rings. The predicted molar refractivity (Wildman–Crippen MR) is 72.3 cm³/mol. The summed E-state index contributed by atoms with van der Waals surface area (Å²) in [4.78, 5) is 19.1. The van der Waals surface area contributed by atoms with Crippen LogP contribution in [0.3, 0.4) is 0 Å². The molecule has 0 radical (unpaired) electrons. The minimum atomic E-state index is -0.472. The fourth-order valence-electron chi connectivity index (χ4n) is 1.66. The van der Waals surface area contributed by atoms with Gasteiger partial charge in [0.05, 0.1) is 4.92 Å². The van der Waals surface area contributed by atoms with Gasteiger partial charge in [0.15, 0.2) is 5.82 Å². The van der Waals surface area contributed by atoms with Crippen LogP contribution in [-0.2, 0) is 12.8 Å². The molecule has 0 saturated heterocycles. The van der Waals surface area contributed by atoms with Crippen molar-refractivity contribution in [3.63, 3.8) is 0 Å². The van der Waals surface area contributed by atoms with Gasteiger partial charge in [0.2, 0.25) is 5.82 Å². The quantitative estimate of drug-likeness (QED) is 0.636. The van der Waals surface area contributed by atoms with Crippen molar-refractivity contribution in [1.29, 1.82) is 0 Å². The third kappa shape index (κ3) is 2.62. The van der Waals surface area contributed by atoms with Gasteiger partial charge in [-0.1, -0.05) is 13.8 Å². The smallest absolute Gasteiger partial charge is 0.258 e. The number of nitro groups is 1. The Balaban J connectivity index is 2.64. The van der Waals surface area contributed by atoms with E-state index in [1.165, 1.54) is 16.9 Å². The summed E-state index contributed by atoms with van der Waals surface area (Å²) in [6, 6.07) is 1.41. The van der Waals surface area contributed by atoms with Crippen LogP contribution in [-0.4, -0.2) is 24.7 Å². The first-order valence-corrected chi connectivity index (χ1v) is 6.61. The Kier molecular flexibility index (Phi) is 3.89. The molecule has 0 bridgehead atoms. The lowest BCUT2D eigenvalue weighted by Crippen LogP contribution is -2.08. The molecule has 2 aromatic rings. The summed E-state index contributed by atoms with van der Waals surface area (Å²) in [5.41, 5.74) is -0.100. The van der Waals surface area contributed by atoms with Crippen LogP contribution in [0.4, 0.5) is 5.69 Å². The van der Waals surface area contributed by atoms with Gasteiger partial charge in [-0.3, -0.25) is 10.1 Å². The average molecular weight is 326 g/mol. The average Bonchev–Trinajstić information content (AvgIpc) is 2.81. The van der Waals surface area contributed by atoms with Gasteiger partial charge in [0, 0.05) is 29.6 Å². The molecule has 8 heteroatoms. The van der Waals surface area contributed by atoms with Gasteiger partial charge in [-0.15, -0.1) is 5.10 Å². The maximum atomic E-state index is 11.1. The highest BCUT2D eigenvalue weighted by molar-refractivity contribution is 9.10. The van der Waals surface area contributed by atoms with Gasteiger partial charge in [-0.05, 0) is 15.9 Å². The van der Waals surface area contributed by atoms with Crippen molar-refractivity contribution in [2.24, 2.45) is 0 Å². The molecule has 2 aromatic heterocycles. The molecule has 0 spiro atoms. The monoisotopic (exact) mass is 325 g/mol. The number of aromatic nitrogens is 4. The van der Waals surface area contributed by atoms with Gasteiger partial charge >= 0.3 is 5.69 Å². The van der Waals surface area contributed by atoms with Crippen molar-refractivity contribution >= 4 is 21.6 Å². The zero-order chi connectivity index (χ0) is 14.0. The molecule has 0 aliphatic heterocycles. The van der Waals surface area contributed by atoms with Crippen molar-refractivity contribution in [2.75, 3.05) is 0 Å². The van der Waals surface area contributed by atoms with Crippen LogP contribution in [0, 0.1) is 10.1 Å². The molecule has 0 atom stereocenters. The zero-order valence-corrected chi connectivity index (χ0v) is 12.1. The van der Waals surface area contributed by atoms with E-state index in [4.69, 9.17) is 0 Å². The Morgan fingerprint density at radius 3 is 2.74 bits per heavy atom. The number of halogens is 1. The number of hydrogen-bond donors (Lipinski definition) is 0. The molecule has 100 valence electrons. The van der Waals surface area contributed by atoms with Crippen LogP contribution in [0.5, 0.6) is 0 Å². The SMILES string of the molecule is CCc1nc(CC)n(-c2ncc(Br)cc2[N+](=O)[O-])n1. The molecule has 0 aliphatic rings. The standard InChI is InChI=1S/C11H12BrN5O2/c1-3-9-14-10(4-2)16(15-9)11-8(17(18)19)5-7(12)6-13-11/h5-6H,3-4H2,1-2H3. The largest absolute Gasteiger partial charge is 0.314 e. The second kappa shape index (κ2) is 5.43. The Bertz CT molecular complexity index is 626. The number of pyridine rings is 1. The summed E-state index contributed by atoms with van der Waals surface area (Å²) < 4.78 is 2.00. The summed E-state index contributed by atoms with van der Waals surface area (Å²) in [7, 11) is 0. The zero-order valence-electron chi connectivity index (χ0n) is 10.5. The number of nitrogens with zero attached hydrogens (tertiary/aromatic N) is 5. The summed E-state index contributed by atoms with van der Waals surface area (Å²) in [6.07, 6.45) is 2.81. The molecule has 0 aliphatic carbocycles. The highest BCUT2D eigenvalue weighted by Crippen LogP contribution is 2.24. The summed E-state index contributed by atoms with van der Waals surface area (Å²) in [5, 5.41) is 15.4. The molecular weight excluding hydrogens is 314 g/mol. The molecule has 2 heterocycles. The van der Waals surface area contributed by atoms with Crippen LogP contribution in [0.25, 0.3) is 5.82 Å². The number of aryl methyl sites for hydroxylation is 2. The number of rotatable bonds is 4. The van der Waals surface area contributed by atoms with E-state index >= 15 is 0 Å². The molecule has 2 rings (SSSR count). The molecule has 19 heavy (non-hydrogen) atoms. The van der Waals surface area contributed by atoms with E-state index in [1.54, 1.807) is 0 Å². The first kappa shape index (κ1) is 13.6. The highest BCUT2D eigenvalue weighted by Gasteiger charge is 2.21.